The predicted octanol–water partition coefficient (Wildman–Crippen LogP) is 4.59. The van der Waals surface area contributed by atoms with Crippen molar-refractivity contribution in [2.45, 2.75) is 45.8 Å². The van der Waals surface area contributed by atoms with Crippen molar-refractivity contribution in [3.05, 3.63) is 71.3 Å². The average molecular weight is 337 g/mol. The molecular formula is C23H32N2. The van der Waals surface area contributed by atoms with Crippen molar-refractivity contribution >= 4 is 0 Å². The number of likely N-dealkylation sites (tertiary alicyclic amines) is 1. The zero-order valence-corrected chi connectivity index (χ0v) is 16.0. The van der Waals surface area contributed by atoms with Gasteiger partial charge in [-0.15, -0.1) is 0 Å². The molecule has 0 bridgehead atoms. The molecule has 0 radical (unpaired) electrons. The van der Waals surface area contributed by atoms with Crippen LogP contribution >= 0.6 is 0 Å². The fourth-order valence-corrected chi connectivity index (χ4v) is 3.90. The molecule has 0 spiro atoms. The van der Waals surface area contributed by atoms with Crippen LogP contribution in [0.5, 0.6) is 0 Å². The number of rotatable bonds is 7. The van der Waals surface area contributed by atoms with Gasteiger partial charge in [0.15, 0.2) is 0 Å². The molecule has 0 N–H and O–H groups in total. The Morgan fingerprint density at radius 3 is 2.32 bits per heavy atom. The Morgan fingerprint density at radius 2 is 1.64 bits per heavy atom. The van der Waals surface area contributed by atoms with Gasteiger partial charge in [-0.3, -0.25) is 4.90 Å². The summed E-state index contributed by atoms with van der Waals surface area (Å²) in [5.74, 6) is 0.708. The van der Waals surface area contributed by atoms with Crippen molar-refractivity contribution in [1.82, 2.24) is 9.80 Å². The van der Waals surface area contributed by atoms with Crippen molar-refractivity contribution in [3.8, 4) is 0 Å². The zero-order valence-electron chi connectivity index (χ0n) is 16.0. The highest BCUT2D eigenvalue weighted by molar-refractivity contribution is 5.24. The van der Waals surface area contributed by atoms with Crippen LogP contribution in [0.15, 0.2) is 54.6 Å². The van der Waals surface area contributed by atoms with Crippen LogP contribution in [0, 0.1) is 5.92 Å². The molecule has 2 aromatic rings. The van der Waals surface area contributed by atoms with E-state index in [0.29, 0.717) is 12.0 Å². The van der Waals surface area contributed by atoms with Crippen LogP contribution in [0.1, 0.15) is 37.0 Å². The lowest BCUT2D eigenvalue weighted by Crippen LogP contribution is -2.36. The molecule has 2 aromatic carbocycles. The molecule has 0 aliphatic carbocycles. The number of nitrogens with zero attached hydrogens (tertiary/aromatic N) is 2. The van der Waals surface area contributed by atoms with E-state index in [-0.39, 0.29) is 0 Å². The van der Waals surface area contributed by atoms with Crippen LogP contribution in [0.4, 0.5) is 0 Å². The molecule has 0 saturated carbocycles. The lowest BCUT2D eigenvalue weighted by atomic mass is 10.0. The normalized spacial score (nSPS) is 18.4. The fraction of sp³-hybridized carbons (Fsp3) is 0.478. The summed E-state index contributed by atoms with van der Waals surface area (Å²) < 4.78 is 0. The van der Waals surface area contributed by atoms with Crippen molar-refractivity contribution < 1.29 is 0 Å². The zero-order chi connectivity index (χ0) is 17.6. The van der Waals surface area contributed by atoms with E-state index in [1.54, 1.807) is 0 Å². The average Bonchev–Trinajstić information content (AvgIpc) is 3.01. The van der Waals surface area contributed by atoms with E-state index in [4.69, 9.17) is 0 Å². The second kappa shape index (κ2) is 8.64. The smallest absolute Gasteiger partial charge is 0.0242 e. The molecule has 25 heavy (non-hydrogen) atoms. The molecule has 1 aliphatic rings. The van der Waals surface area contributed by atoms with Gasteiger partial charge in [0, 0.05) is 25.7 Å². The fourth-order valence-electron chi connectivity index (χ4n) is 3.90. The van der Waals surface area contributed by atoms with Gasteiger partial charge in [-0.1, -0.05) is 68.4 Å². The minimum atomic E-state index is 0.652. The van der Waals surface area contributed by atoms with E-state index in [2.05, 4.69) is 85.3 Å². The summed E-state index contributed by atoms with van der Waals surface area (Å²) in [4.78, 5) is 5.13. The molecule has 1 aliphatic heterocycles. The first-order chi connectivity index (χ1) is 12.1. The Hall–Kier alpha value is -1.64. The van der Waals surface area contributed by atoms with E-state index < -0.39 is 0 Å². The largest absolute Gasteiger partial charge is 0.305 e. The monoisotopic (exact) mass is 336 g/mol. The number of benzene rings is 2. The second-order valence-electron chi connectivity index (χ2n) is 8.01. The highest BCUT2D eigenvalue weighted by Crippen LogP contribution is 2.21. The topological polar surface area (TPSA) is 6.48 Å². The van der Waals surface area contributed by atoms with E-state index in [1.165, 1.54) is 42.6 Å². The summed E-state index contributed by atoms with van der Waals surface area (Å²) in [5, 5.41) is 0. The van der Waals surface area contributed by atoms with Gasteiger partial charge in [-0.05, 0) is 49.0 Å². The second-order valence-corrected chi connectivity index (χ2v) is 8.01. The van der Waals surface area contributed by atoms with Crippen molar-refractivity contribution in [3.63, 3.8) is 0 Å². The van der Waals surface area contributed by atoms with E-state index in [0.717, 1.165) is 13.1 Å². The van der Waals surface area contributed by atoms with Gasteiger partial charge in [0.1, 0.15) is 0 Å². The molecule has 1 fully saturated rings. The molecule has 1 saturated heterocycles. The van der Waals surface area contributed by atoms with Gasteiger partial charge < -0.3 is 4.90 Å². The van der Waals surface area contributed by atoms with Gasteiger partial charge >= 0.3 is 0 Å². The SMILES string of the molecule is CC(C)Cc1cccc(CN(Cc2ccccc2)[C@@H]2CCN(C)C2)c1. The van der Waals surface area contributed by atoms with E-state index >= 15 is 0 Å². The lowest BCUT2D eigenvalue weighted by molar-refractivity contribution is 0.180. The maximum atomic E-state index is 2.67. The first-order valence-electron chi connectivity index (χ1n) is 9.64. The van der Waals surface area contributed by atoms with Gasteiger partial charge in [-0.25, -0.2) is 0 Å². The van der Waals surface area contributed by atoms with Gasteiger partial charge in [0.05, 0.1) is 0 Å². The summed E-state index contributed by atoms with van der Waals surface area (Å²) >= 11 is 0. The molecule has 0 aromatic heterocycles. The molecule has 0 amide bonds. The van der Waals surface area contributed by atoms with Crippen LogP contribution in [0.25, 0.3) is 0 Å². The Bertz CT molecular complexity index is 650. The van der Waals surface area contributed by atoms with E-state index in [1.807, 2.05) is 0 Å². The minimum Gasteiger partial charge on any atom is -0.305 e. The summed E-state index contributed by atoms with van der Waals surface area (Å²) in [7, 11) is 2.24. The van der Waals surface area contributed by atoms with Crippen LogP contribution in [0.2, 0.25) is 0 Å². The summed E-state index contributed by atoms with van der Waals surface area (Å²) in [6.07, 6.45) is 2.44. The van der Waals surface area contributed by atoms with Crippen molar-refractivity contribution in [2.75, 3.05) is 20.1 Å². The number of hydrogen-bond donors (Lipinski definition) is 0. The number of hydrogen-bond acceptors (Lipinski definition) is 2. The maximum absolute atomic E-state index is 2.67. The van der Waals surface area contributed by atoms with E-state index in [9.17, 15) is 0 Å². The molecule has 0 unspecified atom stereocenters. The van der Waals surface area contributed by atoms with Gasteiger partial charge in [0.25, 0.3) is 0 Å². The summed E-state index contributed by atoms with van der Waals surface area (Å²) in [5.41, 5.74) is 4.33. The summed E-state index contributed by atoms with van der Waals surface area (Å²) in [6, 6.07) is 20.8. The molecule has 1 atom stereocenters. The first kappa shape index (κ1) is 18.2. The molecule has 2 nitrogen and oxygen atoms in total. The maximum Gasteiger partial charge on any atom is 0.0242 e. The third kappa shape index (κ3) is 5.42. The molecule has 2 heteroatoms. The summed E-state index contributed by atoms with van der Waals surface area (Å²) in [6.45, 7) is 9.06. The molecule has 134 valence electrons. The first-order valence-corrected chi connectivity index (χ1v) is 9.64. The Labute approximate surface area is 153 Å². The van der Waals surface area contributed by atoms with Crippen LogP contribution < -0.4 is 0 Å². The Morgan fingerprint density at radius 1 is 0.960 bits per heavy atom. The van der Waals surface area contributed by atoms with Crippen LogP contribution in [-0.4, -0.2) is 36.0 Å². The van der Waals surface area contributed by atoms with Gasteiger partial charge in [0.2, 0.25) is 0 Å². The Balaban J connectivity index is 1.75. The molecule has 3 rings (SSSR count). The number of likely N-dealkylation sites (N-methyl/N-ethyl adjacent to an activating group) is 1. The third-order valence-corrected chi connectivity index (χ3v) is 5.13. The highest BCUT2D eigenvalue weighted by Gasteiger charge is 2.25. The molecular weight excluding hydrogens is 304 g/mol. The Kier molecular flexibility index (Phi) is 6.28. The highest BCUT2D eigenvalue weighted by atomic mass is 15.2. The lowest BCUT2D eigenvalue weighted by Gasteiger charge is -2.29. The third-order valence-electron chi connectivity index (χ3n) is 5.13. The van der Waals surface area contributed by atoms with Crippen LogP contribution in [-0.2, 0) is 19.5 Å². The van der Waals surface area contributed by atoms with Crippen LogP contribution in [0.3, 0.4) is 0 Å². The predicted molar refractivity (Wildman–Crippen MR) is 107 cm³/mol. The quantitative estimate of drug-likeness (QED) is 0.729. The van der Waals surface area contributed by atoms with Crippen molar-refractivity contribution in [1.29, 1.82) is 0 Å². The standard InChI is InChI=1S/C23H32N2/c1-19(2)14-21-10-7-11-22(15-21)17-25(23-12-13-24(3)18-23)16-20-8-5-4-6-9-20/h4-11,15,19,23H,12-14,16-18H2,1-3H3/t23-/m1/s1. The van der Waals surface area contributed by atoms with Crippen molar-refractivity contribution in [2.24, 2.45) is 5.92 Å². The minimum absolute atomic E-state index is 0.652. The van der Waals surface area contributed by atoms with Gasteiger partial charge in [-0.2, -0.15) is 0 Å². The molecule has 1 heterocycles.